The van der Waals surface area contributed by atoms with Gasteiger partial charge in [-0.3, -0.25) is 13.9 Å². The molecule has 0 bridgehead atoms. The van der Waals surface area contributed by atoms with Crippen LogP contribution in [0.25, 0.3) is 0 Å². The number of benzene rings is 3. The molecule has 1 atom stereocenters. The quantitative estimate of drug-likeness (QED) is 0.298. The van der Waals surface area contributed by atoms with Crippen molar-refractivity contribution in [2.45, 2.75) is 64.1 Å². The molecule has 0 heterocycles. The van der Waals surface area contributed by atoms with Gasteiger partial charge in [0.05, 0.1) is 24.3 Å². The van der Waals surface area contributed by atoms with Crippen LogP contribution in [-0.2, 0) is 26.2 Å². The number of carbonyl (C=O) groups is 2. The molecule has 0 unspecified atom stereocenters. The molecule has 10 heteroatoms. The standard InChI is InChI=1S/C32H41N3O6S/c1-7-27(31(37)33-32(3,4)5)34(22-24-18-20-25(40-6)21-19-24)30(36)23-35(28-16-12-13-17-29(28)41-8-2)42(38,39)26-14-10-9-11-15-26/h9-21,27H,7-8,22-23H2,1-6H3,(H,33,37)/t27-/m0/s1. The third-order valence-electron chi connectivity index (χ3n) is 6.44. The van der Waals surface area contributed by atoms with Gasteiger partial charge in [0.25, 0.3) is 10.0 Å². The highest BCUT2D eigenvalue weighted by Gasteiger charge is 2.35. The molecule has 3 aromatic rings. The van der Waals surface area contributed by atoms with Gasteiger partial charge in [-0.25, -0.2) is 8.42 Å². The fourth-order valence-corrected chi connectivity index (χ4v) is 5.92. The Morgan fingerprint density at radius 2 is 1.52 bits per heavy atom. The van der Waals surface area contributed by atoms with Crippen molar-refractivity contribution < 1.29 is 27.5 Å². The topological polar surface area (TPSA) is 105 Å². The number of methoxy groups -OCH3 is 1. The first kappa shape index (κ1) is 32.5. The number of sulfonamides is 1. The van der Waals surface area contributed by atoms with Gasteiger partial charge in [-0.2, -0.15) is 0 Å². The highest BCUT2D eigenvalue weighted by atomic mass is 32.2. The smallest absolute Gasteiger partial charge is 0.264 e. The van der Waals surface area contributed by atoms with Gasteiger partial charge in [0, 0.05) is 12.1 Å². The van der Waals surface area contributed by atoms with Gasteiger partial charge in [-0.1, -0.05) is 49.4 Å². The van der Waals surface area contributed by atoms with Crippen LogP contribution >= 0.6 is 0 Å². The predicted molar refractivity (Wildman–Crippen MR) is 164 cm³/mol. The number of rotatable bonds is 13. The second kappa shape index (κ2) is 14.2. The molecular weight excluding hydrogens is 554 g/mol. The number of ether oxygens (including phenoxy) is 2. The van der Waals surface area contributed by atoms with E-state index in [9.17, 15) is 18.0 Å². The average Bonchev–Trinajstić information content (AvgIpc) is 2.96. The van der Waals surface area contributed by atoms with Crippen LogP contribution in [0.15, 0.2) is 83.8 Å². The molecular formula is C32H41N3O6S. The molecule has 0 spiro atoms. The normalized spacial score (nSPS) is 12.2. The molecule has 0 aromatic heterocycles. The van der Waals surface area contributed by atoms with E-state index >= 15 is 0 Å². The Morgan fingerprint density at radius 3 is 2.10 bits per heavy atom. The van der Waals surface area contributed by atoms with Gasteiger partial charge >= 0.3 is 0 Å². The molecule has 0 saturated heterocycles. The van der Waals surface area contributed by atoms with E-state index in [2.05, 4.69) is 5.32 Å². The molecule has 3 rings (SSSR count). The minimum Gasteiger partial charge on any atom is -0.497 e. The third-order valence-corrected chi connectivity index (χ3v) is 8.21. The van der Waals surface area contributed by atoms with Crippen LogP contribution in [-0.4, -0.2) is 57.0 Å². The minimum absolute atomic E-state index is 0.0309. The van der Waals surface area contributed by atoms with Crippen LogP contribution in [0.2, 0.25) is 0 Å². The summed E-state index contributed by atoms with van der Waals surface area (Å²) in [4.78, 5) is 29.2. The molecule has 0 radical (unpaired) electrons. The zero-order valence-corrected chi connectivity index (χ0v) is 26.0. The Labute approximate surface area is 249 Å². The van der Waals surface area contributed by atoms with Crippen LogP contribution in [0.3, 0.4) is 0 Å². The van der Waals surface area contributed by atoms with Gasteiger partial charge in [0.15, 0.2) is 0 Å². The van der Waals surface area contributed by atoms with Crippen molar-refractivity contribution in [2.75, 3.05) is 24.6 Å². The molecule has 0 aliphatic carbocycles. The Balaban J connectivity index is 2.10. The Bertz CT molecular complexity index is 1440. The summed E-state index contributed by atoms with van der Waals surface area (Å²) in [6, 6.07) is 21.0. The van der Waals surface area contributed by atoms with Crippen molar-refractivity contribution in [2.24, 2.45) is 0 Å². The van der Waals surface area contributed by atoms with E-state index in [0.717, 1.165) is 9.87 Å². The van der Waals surface area contributed by atoms with E-state index in [4.69, 9.17) is 9.47 Å². The summed E-state index contributed by atoms with van der Waals surface area (Å²) in [5, 5.41) is 2.97. The molecule has 42 heavy (non-hydrogen) atoms. The predicted octanol–water partition coefficient (Wildman–Crippen LogP) is 5.01. The van der Waals surface area contributed by atoms with Crippen molar-refractivity contribution in [1.29, 1.82) is 0 Å². The Kier molecular flexibility index (Phi) is 11.0. The first-order valence-electron chi connectivity index (χ1n) is 13.9. The maximum absolute atomic E-state index is 14.2. The lowest BCUT2D eigenvalue weighted by Crippen LogP contribution is -2.55. The molecule has 2 amide bonds. The van der Waals surface area contributed by atoms with Gasteiger partial charge < -0.3 is 19.7 Å². The number of amides is 2. The van der Waals surface area contributed by atoms with Crippen LogP contribution in [0.4, 0.5) is 5.69 Å². The fraction of sp³-hybridized carbons (Fsp3) is 0.375. The Hall–Kier alpha value is -4.05. The Morgan fingerprint density at radius 1 is 0.905 bits per heavy atom. The molecule has 0 aliphatic rings. The number of carbonyl (C=O) groups excluding carboxylic acids is 2. The maximum atomic E-state index is 14.2. The summed E-state index contributed by atoms with van der Waals surface area (Å²) in [5.74, 6) is 0.125. The van der Waals surface area contributed by atoms with E-state index in [1.807, 2.05) is 39.8 Å². The lowest BCUT2D eigenvalue weighted by molar-refractivity contribution is -0.141. The summed E-state index contributed by atoms with van der Waals surface area (Å²) in [6.07, 6.45) is 0.324. The number of nitrogens with zero attached hydrogens (tertiary/aromatic N) is 2. The van der Waals surface area contributed by atoms with E-state index in [0.29, 0.717) is 24.5 Å². The molecule has 226 valence electrons. The number of anilines is 1. The van der Waals surface area contributed by atoms with E-state index < -0.39 is 34.1 Å². The number of hydrogen-bond acceptors (Lipinski definition) is 6. The van der Waals surface area contributed by atoms with Gasteiger partial charge in [-0.15, -0.1) is 0 Å². The van der Waals surface area contributed by atoms with Crippen molar-refractivity contribution in [3.63, 3.8) is 0 Å². The van der Waals surface area contributed by atoms with E-state index in [1.165, 1.54) is 17.0 Å². The van der Waals surface area contributed by atoms with Crippen molar-refractivity contribution in [1.82, 2.24) is 10.2 Å². The molecule has 0 aliphatic heterocycles. The van der Waals surface area contributed by atoms with Crippen molar-refractivity contribution >= 4 is 27.5 Å². The first-order chi connectivity index (χ1) is 19.9. The minimum atomic E-state index is -4.20. The molecule has 3 aromatic carbocycles. The van der Waals surface area contributed by atoms with Crippen molar-refractivity contribution in [3.8, 4) is 11.5 Å². The summed E-state index contributed by atoms with van der Waals surface area (Å²) >= 11 is 0. The highest BCUT2D eigenvalue weighted by molar-refractivity contribution is 7.92. The van der Waals surface area contributed by atoms with Crippen molar-refractivity contribution in [3.05, 3.63) is 84.4 Å². The van der Waals surface area contributed by atoms with Crippen LogP contribution in [0, 0.1) is 0 Å². The van der Waals surface area contributed by atoms with Gasteiger partial charge in [0.1, 0.15) is 24.1 Å². The van der Waals surface area contributed by atoms with E-state index in [-0.39, 0.29) is 23.0 Å². The lowest BCUT2D eigenvalue weighted by Gasteiger charge is -2.35. The lowest BCUT2D eigenvalue weighted by atomic mass is 10.1. The molecule has 0 fully saturated rings. The second-order valence-electron chi connectivity index (χ2n) is 10.8. The largest absolute Gasteiger partial charge is 0.497 e. The van der Waals surface area contributed by atoms with E-state index in [1.54, 1.807) is 68.6 Å². The number of hydrogen-bond donors (Lipinski definition) is 1. The molecule has 1 N–H and O–H groups in total. The SMILES string of the molecule is CCOc1ccccc1N(CC(=O)N(Cc1ccc(OC)cc1)[C@@H](CC)C(=O)NC(C)(C)C)S(=O)(=O)c1ccccc1. The summed E-state index contributed by atoms with van der Waals surface area (Å²) < 4.78 is 40.2. The molecule has 0 saturated carbocycles. The summed E-state index contributed by atoms with van der Waals surface area (Å²) in [5.41, 5.74) is 0.463. The summed E-state index contributed by atoms with van der Waals surface area (Å²) in [6.45, 7) is 9.07. The van der Waals surface area contributed by atoms with Gasteiger partial charge in [0.2, 0.25) is 11.8 Å². The zero-order chi connectivity index (χ0) is 30.9. The fourth-order valence-electron chi connectivity index (χ4n) is 4.47. The van der Waals surface area contributed by atoms with Crippen LogP contribution in [0.1, 0.15) is 46.6 Å². The zero-order valence-electron chi connectivity index (χ0n) is 25.2. The van der Waals surface area contributed by atoms with Crippen LogP contribution < -0.4 is 19.1 Å². The maximum Gasteiger partial charge on any atom is 0.264 e. The average molecular weight is 596 g/mol. The van der Waals surface area contributed by atoms with Crippen LogP contribution in [0.5, 0.6) is 11.5 Å². The summed E-state index contributed by atoms with van der Waals surface area (Å²) in [7, 11) is -2.63. The highest BCUT2D eigenvalue weighted by Crippen LogP contribution is 2.33. The number of nitrogens with one attached hydrogen (secondary N) is 1. The second-order valence-corrected chi connectivity index (χ2v) is 12.6. The molecule has 9 nitrogen and oxygen atoms in total. The first-order valence-corrected chi connectivity index (χ1v) is 15.4. The van der Waals surface area contributed by atoms with Gasteiger partial charge in [-0.05, 0) is 76.1 Å². The monoisotopic (exact) mass is 595 g/mol. The third kappa shape index (κ3) is 8.25. The number of para-hydroxylation sites is 2.